The van der Waals surface area contributed by atoms with E-state index in [1.54, 1.807) is 0 Å². The lowest BCUT2D eigenvalue weighted by Crippen LogP contribution is -2.44. The van der Waals surface area contributed by atoms with Gasteiger partial charge in [-0.25, -0.2) is 0 Å². The lowest BCUT2D eigenvalue weighted by atomic mass is 9.92. The van der Waals surface area contributed by atoms with Crippen LogP contribution in [0.4, 0.5) is 0 Å². The van der Waals surface area contributed by atoms with Crippen LogP contribution in [-0.4, -0.2) is 57.4 Å². The van der Waals surface area contributed by atoms with Crippen molar-refractivity contribution < 1.29 is 30.0 Å². The van der Waals surface area contributed by atoms with E-state index in [0.717, 1.165) is 0 Å². The molecule has 15 heavy (non-hydrogen) atoms. The molecule has 0 saturated carbocycles. The smallest absolute Gasteiger partial charge is 0.130 e. The maximum absolute atomic E-state index is 10.7. The van der Waals surface area contributed by atoms with Crippen molar-refractivity contribution in [2.75, 3.05) is 6.61 Å². The summed E-state index contributed by atoms with van der Waals surface area (Å²) in [6, 6.07) is 0. The van der Waals surface area contributed by atoms with Gasteiger partial charge in [-0.2, -0.15) is 0 Å². The van der Waals surface area contributed by atoms with Crippen LogP contribution < -0.4 is 0 Å². The molecular formula is C9H16O6. The van der Waals surface area contributed by atoms with Crippen LogP contribution in [0.3, 0.4) is 0 Å². The predicted molar refractivity (Wildman–Crippen MR) is 50.0 cm³/mol. The Balaban J connectivity index is 4.42. The first-order valence-corrected chi connectivity index (χ1v) is 4.53. The Kier molecular flexibility index (Phi) is 6.26. The molecule has 0 aromatic heterocycles. The molecule has 4 atom stereocenters. The lowest BCUT2D eigenvalue weighted by Gasteiger charge is -2.25. The van der Waals surface area contributed by atoms with Gasteiger partial charge in [-0.1, -0.05) is 0 Å². The van der Waals surface area contributed by atoms with Crippen molar-refractivity contribution in [1.82, 2.24) is 0 Å². The Labute approximate surface area is 87.2 Å². The number of aldehydes is 1. The summed E-state index contributed by atoms with van der Waals surface area (Å²) in [6.45, 7) is 0.516. The third kappa shape index (κ3) is 4.48. The number of hydrogen-bond acceptors (Lipinski definition) is 6. The monoisotopic (exact) mass is 220 g/mol. The number of hydrogen-bond donors (Lipinski definition) is 4. The summed E-state index contributed by atoms with van der Waals surface area (Å²) in [5.74, 6) is -1.38. The van der Waals surface area contributed by atoms with Crippen LogP contribution in [-0.2, 0) is 9.59 Å². The molecule has 0 rings (SSSR count). The minimum atomic E-state index is -1.65. The van der Waals surface area contributed by atoms with Crippen molar-refractivity contribution in [2.24, 2.45) is 5.92 Å². The van der Waals surface area contributed by atoms with Crippen molar-refractivity contribution in [2.45, 2.75) is 31.7 Å². The third-order valence-corrected chi connectivity index (χ3v) is 2.07. The molecule has 6 heteroatoms. The zero-order chi connectivity index (χ0) is 12.0. The average Bonchev–Trinajstić information content (AvgIpc) is 2.22. The van der Waals surface area contributed by atoms with E-state index in [1.165, 1.54) is 6.92 Å². The molecule has 0 spiro atoms. The molecule has 0 unspecified atom stereocenters. The number of carbonyl (C=O) groups excluding carboxylic acids is 2. The van der Waals surface area contributed by atoms with Crippen LogP contribution in [0.1, 0.15) is 13.3 Å². The second kappa shape index (κ2) is 6.62. The van der Waals surface area contributed by atoms with Crippen LogP contribution in [0.2, 0.25) is 0 Å². The van der Waals surface area contributed by atoms with Crippen LogP contribution >= 0.6 is 0 Å². The molecule has 0 heterocycles. The number of carbonyl (C=O) groups is 2. The minimum absolute atomic E-state index is 0.208. The van der Waals surface area contributed by atoms with E-state index in [4.69, 9.17) is 10.2 Å². The van der Waals surface area contributed by atoms with Crippen molar-refractivity contribution in [1.29, 1.82) is 0 Å². The molecule has 0 radical (unpaired) electrons. The molecule has 6 nitrogen and oxygen atoms in total. The highest BCUT2D eigenvalue weighted by molar-refractivity contribution is 5.78. The van der Waals surface area contributed by atoms with Crippen molar-refractivity contribution in [3.63, 3.8) is 0 Å². The van der Waals surface area contributed by atoms with Crippen molar-refractivity contribution in [3.8, 4) is 0 Å². The Morgan fingerprint density at radius 1 is 1.27 bits per heavy atom. The van der Waals surface area contributed by atoms with Gasteiger partial charge in [0.2, 0.25) is 0 Å². The molecule has 0 aromatic carbocycles. The van der Waals surface area contributed by atoms with Gasteiger partial charge in [0.1, 0.15) is 24.3 Å². The van der Waals surface area contributed by atoms with Gasteiger partial charge in [0.25, 0.3) is 0 Å². The fourth-order valence-corrected chi connectivity index (χ4v) is 1.17. The predicted octanol–water partition coefficient (Wildman–Crippen LogP) is -2.14. The molecular weight excluding hydrogens is 204 g/mol. The molecule has 0 fully saturated rings. The summed E-state index contributed by atoms with van der Waals surface area (Å²) in [5, 5.41) is 36.2. The van der Waals surface area contributed by atoms with Gasteiger partial charge in [-0.05, 0) is 6.92 Å². The maximum Gasteiger partial charge on any atom is 0.130 e. The highest BCUT2D eigenvalue weighted by atomic mass is 16.4. The summed E-state index contributed by atoms with van der Waals surface area (Å²) >= 11 is 0. The third-order valence-electron chi connectivity index (χ3n) is 2.07. The molecule has 0 aliphatic rings. The molecule has 4 N–H and O–H groups in total. The number of Topliss-reactive ketones (excluding diaryl/α,β-unsaturated/α-hetero) is 1. The van der Waals surface area contributed by atoms with Crippen LogP contribution in [0.25, 0.3) is 0 Å². The largest absolute Gasteiger partial charge is 0.394 e. The topological polar surface area (TPSA) is 115 Å². The van der Waals surface area contributed by atoms with Crippen molar-refractivity contribution >= 4 is 12.1 Å². The fourth-order valence-electron chi connectivity index (χ4n) is 1.17. The fraction of sp³-hybridized carbons (Fsp3) is 0.778. The Hall–Kier alpha value is -0.820. The first kappa shape index (κ1) is 14.2. The second-order valence-electron chi connectivity index (χ2n) is 3.44. The van der Waals surface area contributed by atoms with Gasteiger partial charge in [-0.3, -0.25) is 0 Å². The average molecular weight is 220 g/mol. The summed E-state index contributed by atoms with van der Waals surface area (Å²) in [6.07, 6.45) is -4.60. The summed E-state index contributed by atoms with van der Waals surface area (Å²) in [4.78, 5) is 21.2. The Bertz CT molecular complexity index is 217. The van der Waals surface area contributed by atoms with Gasteiger partial charge >= 0.3 is 0 Å². The van der Waals surface area contributed by atoms with E-state index in [1.807, 2.05) is 0 Å². The Morgan fingerprint density at radius 3 is 2.13 bits per heavy atom. The molecule has 0 aromatic rings. The molecule has 0 saturated heterocycles. The van der Waals surface area contributed by atoms with Gasteiger partial charge in [0.05, 0.1) is 18.6 Å². The standard InChI is InChI=1S/C9H16O6/c1-5(12)2-6(3-10)8(14)9(15)7(13)4-11/h3,6-9,11,13-15H,2,4H2,1H3/t6-,7+,8+,9-/m0/s1. The van der Waals surface area contributed by atoms with E-state index < -0.39 is 30.8 Å². The van der Waals surface area contributed by atoms with Crippen molar-refractivity contribution in [3.05, 3.63) is 0 Å². The summed E-state index contributed by atoms with van der Waals surface area (Å²) in [7, 11) is 0. The first-order valence-electron chi connectivity index (χ1n) is 4.53. The maximum atomic E-state index is 10.7. The highest BCUT2D eigenvalue weighted by Gasteiger charge is 2.31. The number of rotatable bonds is 7. The molecule has 0 bridgehead atoms. The van der Waals surface area contributed by atoms with Gasteiger partial charge in [-0.15, -0.1) is 0 Å². The molecule has 88 valence electrons. The highest BCUT2D eigenvalue weighted by Crippen LogP contribution is 2.13. The van der Waals surface area contributed by atoms with E-state index in [0.29, 0.717) is 6.29 Å². The van der Waals surface area contributed by atoms with Gasteiger partial charge in [0.15, 0.2) is 0 Å². The number of ketones is 1. The quantitative estimate of drug-likeness (QED) is 0.364. The van der Waals surface area contributed by atoms with E-state index in [-0.39, 0.29) is 12.2 Å². The molecule has 0 aliphatic carbocycles. The van der Waals surface area contributed by atoms with E-state index in [9.17, 15) is 19.8 Å². The summed E-state index contributed by atoms with van der Waals surface area (Å²) < 4.78 is 0. The molecule has 0 amide bonds. The molecule has 0 aliphatic heterocycles. The lowest BCUT2D eigenvalue weighted by molar-refractivity contribution is -0.132. The second-order valence-corrected chi connectivity index (χ2v) is 3.44. The minimum Gasteiger partial charge on any atom is -0.394 e. The van der Waals surface area contributed by atoms with Crippen LogP contribution in [0.5, 0.6) is 0 Å². The zero-order valence-electron chi connectivity index (χ0n) is 8.41. The van der Waals surface area contributed by atoms with E-state index in [2.05, 4.69) is 0 Å². The normalized spacial score (nSPS) is 19.0. The van der Waals surface area contributed by atoms with Gasteiger partial charge < -0.3 is 30.0 Å². The first-order chi connectivity index (χ1) is 6.93. The Morgan fingerprint density at radius 2 is 1.80 bits per heavy atom. The van der Waals surface area contributed by atoms with Gasteiger partial charge in [0, 0.05) is 6.42 Å². The van der Waals surface area contributed by atoms with Crippen LogP contribution in [0, 0.1) is 5.92 Å². The number of aliphatic hydroxyl groups is 4. The SMILES string of the molecule is CC(=O)C[C@@H](C=O)[C@@H](O)[C@@H](O)[C@H](O)CO. The van der Waals surface area contributed by atoms with Crippen LogP contribution in [0.15, 0.2) is 0 Å². The summed E-state index contributed by atoms with van der Waals surface area (Å²) in [5.41, 5.74) is 0. The number of aliphatic hydroxyl groups excluding tert-OH is 4. The zero-order valence-corrected chi connectivity index (χ0v) is 8.41. The van der Waals surface area contributed by atoms with E-state index >= 15 is 0 Å².